The molecule has 0 aliphatic heterocycles. The van der Waals surface area contributed by atoms with Crippen LogP contribution in [-0.4, -0.2) is 20.8 Å². The van der Waals surface area contributed by atoms with E-state index < -0.39 is 0 Å². The molecule has 0 heterocycles. The molecule has 3 nitrogen and oxygen atoms in total. The molecular formula is C15H24ClNO2. The number of halogens is 1. The summed E-state index contributed by atoms with van der Waals surface area (Å²) >= 11 is 6.50. The summed E-state index contributed by atoms with van der Waals surface area (Å²) in [6.07, 6.45) is 0.922. The number of nitrogens with two attached hydrogens (primary N) is 1. The van der Waals surface area contributed by atoms with Crippen LogP contribution in [0.15, 0.2) is 6.07 Å². The SMILES string of the molecule is COc1cc(C(C)CCN)c(C(C)C)c(Cl)c1OC. The summed E-state index contributed by atoms with van der Waals surface area (Å²) in [5.41, 5.74) is 7.99. The van der Waals surface area contributed by atoms with Crippen LogP contribution in [0.2, 0.25) is 5.02 Å². The predicted molar refractivity (Wildman–Crippen MR) is 80.7 cm³/mol. The Morgan fingerprint density at radius 3 is 2.26 bits per heavy atom. The number of hydrogen-bond acceptors (Lipinski definition) is 3. The van der Waals surface area contributed by atoms with E-state index in [9.17, 15) is 0 Å². The maximum absolute atomic E-state index is 6.50. The molecule has 0 bridgehead atoms. The van der Waals surface area contributed by atoms with Crippen molar-refractivity contribution in [2.45, 2.75) is 39.0 Å². The molecule has 1 aromatic rings. The molecule has 1 unspecified atom stereocenters. The first kappa shape index (κ1) is 16.1. The minimum absolute atomic E-state index is 0.322. The molecular weight excluding hydrogens is 262 g/mol. The van der Waals surface area contributed by atoms with Crippen LogP contribution in [0.25, 0.3) is 0 Å². The molecule has 4 heteroatoms. The maximum Gasteiger partial charge on any atom is 0.179 e. The summed E-state index contributed by atoms with van der Waals surface area (Å²) in [4.78, 5) is 0. The van der Waals surface area contributed by atoms with Gasteiger partial charge in [0.25, 0.3) is 0 Å². The molecule has 0 aromatic heterocycles. The first-order valence-corrected chi connectivity index (χ1v) is 6.99. The van der Waals surface area contributed by atoms with Gasteiger partial charge in [-0.1, -0.05) is 32.4 Å². The van der Waals surface area contributed by atoms with Gasteiger partial charge in [-0.05, 0) is 42.0 Å². The van der Waals surface area contributed by atoms with Gasteiger partial charge in [0.15, 0.2) is 11.5 Å². The lowest BCUT2D eigenvalue weighted by atomic mass is 9.87. The van der Waals surface area contributed by atoms with Crippen molar-refractivity contribution in [3.8, 4) is 11.5 Å². The second-order valence-electron chi connectivity index (χ2n) is 5.06. The Kier molecular flexibility index (Phi) is 5.95. The van der Waals surface area contributed by atoms with Crippen LogP contribution in [0.3, 0.4) is 0 Å². The lowest BCUT2D eigenvalue weighted by molar-refractivity contribution is 0.353. The minimum atomic E-state index is 0.322. The fraction of sp³-hybridized carbons (Fsp3) is 0.600. The fourth-order valence-corrected chi connectivity index (χ4v) is 2.88. The van der Waals surface area contributed by atoms with Gasteiger partial charge in [-0.3, -0.25) is 0 Å². The van der Waals surface area contributed by atoms with Crippen molar-refractivity contribution < 1.29 is 9.47 Å². The summed E-state index contributed by atoms with van der Waals surface area (Å²) in [6.45, 7) is 7.08. The molecule has 0 spiro atoms. The molecule has 0 amide bonds. The van der Waals surface area contributed by atoms with E-state index in [2.05, 4.69) is 20.8 Å². The van der Waals surface area contributed by atoms with Gasteiger partial charge in [0.1, 0.15) is 0 Å². The molecule has 0 saturated carbocycles. The van der Waals surface area contributed by atoms with Crippen LogP contribution in [0.4, 0.5) is 0 Å². The summed E-state index contributed by atoms with van der Waals surface area (Å²) in [5.74, 6) is 1.95. The Hall–Kier alpha value is -0.930. The molecule has 1 aromatic carbocycles. The van der Waals surface area contributed by atoms with Crippen molar-refractivity contribution in [2.24, 2.45) is 5.73 Å². The summed E-state index contributed by atoms with van der Waals surface area (Å²) in [7, 11) is 3.23. The van der Waals surface area contributed by atoms with E-state index in [0.717, 1.165) is 12.0 Å². The Morgan fingerprint density at radius 2 is 1.84 bits per heavy atom. The van der Waals surface area contributed by atoms with Crippen molar-refractivity contribution in [2.75, 3.05) is 20.8 Å². The number of ether oxygens (including phenoxy) is 2. The molecule has 0 fully saturated rings. The number of rotatable bonds is 6. The molecule has 19 heavy (non-hydrogen) atoms. The van der Waals surface area contributed by atoms with Gasteiger partial charge >= 0.3 is 0 Å². The highest BCUT2D eigenvalue weighted by molar-refractivity contribution is 6.33. The van der Waals surface area contributed by atoms with Gasteiger partial charge in [0.2, 0.25) is 0 Å². The topological polar surface area (TPSA) is 44.5 Å². The van der Waals surface area contributed by atoms with Crippen LogP contribution in [0, 0.1) is 0 Å². The molecule has 1 atom stereocenters. The first-order valence-electron chi connectivity index (χ1n) is 6.62. The minimum Gasteiger partial charge on any atom is -0.493 e. The van der Waals surface area contributed by atoms with Gasteiger partial charge in [0.05, 0.1) is 19.2 Å². The molecule has 0 radical (unpaired) electrons. The molecule has 0 saturated heterocycles. The highest BCUT2D eigenvalue weighted by Crippen LogP contribution is 2.44. The monoisotopic (exact) mass is 285 g/mol. The Labute approximate surface area is 121 Å². The Balaban J connectivity index is 3.47. The van der Waals surface area contributed by atoms with Gasteiger partial charge in [-0.2, -0.15) is 0 Å². The lowest BCUT2D eigenvalue weighted by Crippen LogP contribution is -2.09. The van der Waals surface area contributed by atoms with Crippen molar-refractivity contribution in [1.29, 1.82) is 0 Å². The van der Waals surface area contributed by atoms with E-state index in [-0.39, 0.29) is 0 Å². The Morgan fingerprint density at radius 1 is 1.21 bits per heavy atom. The average molecular weight is 286 g/mol. The van der Waals surface area contributed by atoms with E-state index in [1.807, 2.05) is 6.07 Å². The van der Waals surface area contributed by atoms with Crippen LogP contribution in [0.1, 0.15) is 50.2 Å². The summed E-state index contributed by atoms with van der Waals surface area (Å²) in [5, 5.41) is 0.649. The van der Waals surface area contributed by atoms with Crippen LogP contribution < -0.4 is 15.2 Å². The second-order valence-corrected chi connectivity index (χ2v) is 5.44. The standard InChI is InChI=1S/C15H24ClNO2/c1-9(2)13-11(10(3)6-7-17)8-12(18-4)15(19-5)14(13)16/h8-10H,6-7,17H2,1-5H3. The van der Waals surface area contributed by atoms with Crippen molar-refractivity contribution >= 4 is 11.6 Å². The van der Waals surface area contributed by atoms with E-state index in [1.165, 1.54) is 5.56 Å². The zero-order valence-corrected chi connectivity index (χ0v) is 13.2. The third kappa shape index (κ3) is 3.34. The predicted octanol–water partition coefficient (Wildman–Crippen LogP) is 3.93. The number of benzene rings is 1. The summed E-state index contributed by atoms with van der Waals surface area (Å²) < 4.78 is 10.8. The average Bonchev–Trinajstić information content (AvgIpc) is 2.37. The Bertz CT molecular complexity index is 433. The maximum atomic E-state index is 6.50. The zero-order valence-electron chi connectivity index (χ0n) is 12.4. The molecule has 0 aliphatic rings. The molecule has 1 rings (SSSR count). The molecule has 0 aliphatic carbocycles. The van der Waals surface area contributed by atoms with E-state index in [0.29, 0.717) is 34.9 Å². The van der Waals surface area contributed by atoms with Crippen LogP contribution in [0.5, 0.6) is 11.5 Å². The number of methoxy groups -OCH3 is 2. The van der Waals surface area contributed by atoms with Crippen molar-refractivity contribution in [3.05, 3.63) is 22.2 Å². The van der Waals surface area contributed by atoms with E-state index in [1.54, 1.807) is 14.2 Å². The van der Waals surface area contributed by atoms with E-state index in [4.69, 9.17) is 26.8 Å². The number of hydrogen-bond donors (Lipinski definition) is 1. The van der Waals surface area contributed by atoms with E-state index >= 15 is 0 Å². The van der Waals surface area contributed by atoms with Crippen molar-refractivity contribution in [1.82, 2.24) is 0 Å². The quantitative estimate of drug-likeness (QED) is 0.861. The van der Waals surface area contributed by atoms with Gasteiger partial charge in [-0.15, -0.1) is 0 Å². The first-order chi connectivity index (χ1) is 8.97. The molecule has 108 valence electrons. The van der Waals surface area contributed by atoms with Crippen LogP contribution in [-0.2, 0) is 0 Å². The molecule has 2 N–H and O–H groups in total. The largest absolute Gasteiger partial charge is 0.493 e. The highest BCUT2D eigenvalue weighted by Gasteiger charge is 2.22. The lowest BCUT2D eigenvalue weighted by Gasteiger charge is -2.23. The van der Waals surface area contributed by atoms with Gasteiger partial charge in [0, 0.05) is 0 Å². The zero-order chi connectivity index (χ0) is 14.6. The summed E-state index contributed by atoms with van der Waals surface area (Å²) in [6, 6.07) is 2.03. The van der Waals surface area contributed by atoms with Crippen LogP contribution >= 0.6 is 11.6 Å². The second kappa shape index (κ2) is 7.01. The van der Waals surface area contributed by atoms with Gasteiger partial charge < -0.3 is 15.2 Å². The fourth-order valence-electron chi connectivity index (χ4n) is 2.38. The third-order valence-corrected chi connectivity index (χ3v) is 3.76. The highest BCUT2D eigenvalue weighted by atomic mass is 35.5. The normalized spacial score (nSPS) is 12.6. The van der Waals surface area contributed by atoms with Crippen molar-refractivity contribution in [3.63, 3.8) is 0 Å². The van der Waals surface area contributed by atoms with Gasteiger partial charge in [-0.25, -0.2) is 0 Å². The third-order valence-electron chi connectivity index (χ3n) is 3.39. The smallest absolute Gasteiger partial charge is 0.179 e.